The highest BCUT2D eigenvalue weighted by molar-refractivity contribution is 5.96. The zero-order valence-corrected chi connectivity index (χ0v) is 8.03. The van der Waals surface area contributed by atoms with E-state index in [-0.39, 0.29) is 5.43 Å². The van der Waals surface area contributed by atoms with Crippen LogP contribution >= 0.6 is 0 Å². The van der Waals surface area contributed by atoms with Gasteiger partial charge in [-0.05, 0) is 35.0 Å². The Morgan fingerprint density at radius 2 is 1.80 bits per heavy atom. The van der Waals surface area contributed by atoms with Crippen LogP contribution in [0.5, 0.6) is 0 Å². The second kappa shape index (κ2) is 2.95. The summed E-state index contributed by atoms with van der Waals surface area (Å²) >= 11 is 0. The Morgan fingerprint density at radius 1 is 0.933 bits per heavy atom. The van der Waals surface area contributed by atoms with Crippen LogP contribution in [0.3, 0.4) is 0 Å². The SMILES string of the molecule is O=c1cccc2cc3[nH]cccc3cc12. The number of fused-ring (bicyclic) bond motifs is 2. The Bertz CT molecular complexity index is 697. The predicted molar refractivity (Wildman–Crippen MR) is 62.1 cm³/mol. The van der Waals surface area contributed by atoms with Crippen molar-refractivity contribution in [1.82, 2.24) is 4.98 Å². The maximum atomic E-state index is 11.6. The lowest BCUT2D eigenvalue weighted by molar-refractivity contribution is 1.42. The minimum atomic E-state index is 0.0817. The fraction of sp³-hybridized carbons (Fsp3) is 0. The molecule has 1 N–H and O–H groups in total. The van der Waals surface area contributed by atoms with Gasteiger partial charge >= 0.3 is 0 Å². The van der Waals surface area contributed by atoms with E-state index in [0.717, 1.165) is 21.7 Å². The van der Waals surface area contributed by atoms with Crippen LogP contribution in [0.15, 0.2) is 53.5 Å². The largest absolute Gasteiger partial charge is 0.361 e. The first-order chi connectivity index (χ1) is 7.34. The van der Waals surface area contributed by atoms with E-state index in [1.54, 1.807) is 12.1 Å². The molecule has 3 rings (SSSR count). The third kappa shape index (κ3) is 1.22. The van der Waals surface area contributed by atoms with E-state index in [4.69, 9.17) is 0 Å². The van der Waals surface area contributed by atoms with Crippen molar-refractivity contribution in [2.24, 2.45) is 0 Å². The molecule has 0 fully saturated rings. The van der Waals surface area contributed by atoms with E-state index in [0.29, 0.717) is 0 Å². The van der Waals surface area contributed by atoms with E-state index in [2.05, 4.69) is 4.98 Å². The lowest BCUT2D eigenvalue weighted by Crippen LogP contribution is -1.97. The summed E-state index contributed by atoms with van der Waals surface area (Å²) in [6, 6.07) is 13.2. The highest BCUT2D eigenvalue weighted by Crippen LogP contribution is 2.18. The number of H-pyrrole nitrogens is 1. The van der Waals surface area contributed by atoms with Crippen LogP contribution in [0.2, 0.25) is 0 Å². The van der Waals surface area contributed by atoms with Gasteiger partial charge in [0, 0.05) is 17.1 Å². The molecule has 72 valence electrons. The standard InChI is InChI=1S/C13H9NO/c15-13-5-1-3-9-8-12-10(7-11(9)13)4-2-6-14-12/h1-8,14H. The molecular formula is C13H9NO. The van der Waals surface area contributed by atoms with Gasteiger partial charge in [0.1, 0.15) is 0 Å². The van der Waals surface area contributed by atoms with Gasteiger partial charge < -0.3 is 4.98 Å². The maximum absolute atomic E-state index is 11.6. The normalized spacial score (nSPS) is 10.9. The quantitative estimate of drug-likeness (QED) is 0.549. The molecular weight excluding hydrogens is 186 g/mol. The van der Waals surface area contributed by atoms with Crippen molar-refractivity contribution in [3.8, 4) is 0 Å². The van der Waals surface area contributed by atoms with E-state index < -0.39 is 0 Å². The average Bonchev–Trinajstić information content (AvgIpc) is 2.27. The first-order valence-electron chi connectivity index (χ1n) is 4.85. The first-order valence-corrected chi connectivity index (χ1v) is 4.85. The van der Waals surface area contributed by atoms with Crippen molar-refractivity contribution >= 4 is 21.7 Å². The molecule has 0 atom stereocenters. The number of aromatic nitrogens is 1. The van der Waals surface area contributed by atoms with E-state index in [9.17, 15) is 4.79 Å². The van der Waals surface area contributed by atoms with Crippen molar-refractivity contribution in [2.45, 2.75) is 0 Å². The zero-order chi connectivity index (χ0) is 10.3. The molecule has 3 aromatic rings. The molecule has 0 spiro atoms. The molecule has 0 aliphatic carbocycles. The van der Waals surface area contributed by atoms with Crippen molar-refractivity contribution < 1.29 is 0 Å². The second-order valence-corrected chi connectivity index (χ2v) is 3.59. The van der Waals surface area contributed by atoms with Crippen LogP contribution in [-0.2, 0) is 0 Å². The van der Waals surface area contributed by atoms with E-state index in [1.807, 2.05) is 36.5 Å². The van der Waals surface area contributed by atoms with Crippen LogP contribution in [0.1, 0.15) is 0 Å². The molecule has 2 nitrogen and oxygen atoms in total. The third-order valence-corrected chi connectivity index (χ3v) is 2.62. The van der Waals surface area contributed by atoms with Crippen molar-refractivity contribution in [3.63, 3.8) is 0 Å². The summed E-state index contributed by atoms with van der Waals surface area (Å²) in [6.07, 6.45) is 1.88. The number of pyridine rings is 1. The molecule has 0 radical (unpaired) electrons. The monoisotopic (exact) mass is 195 g/mol. The number of rotatable bonds is 0. The molecule has 1 aromatic heterocycles. The summed E-state index contributed by atoms with van der Waals surface area (Å²) in [6.45, 7) is 0. The summed E-state index contributed by atoms with van der Waals surface area (Å²) in [5, 5.41) is 2.83. The smallest absolute Gasteiger partial charge is 0.186 e. The van der Waals surface area contributed by atoms with Crippen molar-refractivity contribution in [3.05, 3.63) is 58.9 Å². The summed E-state index contributed by atoms with van der Waals surface area (Å²) < 4.78 is 0. The Labute approximate surface area is 86.2 Å². The molecule has 2 heteroatoms. The number of nitrogens with one attached hydrogen (secondary N) is 1. The molecule has 0 bridgehead atoms. The highest BCUT2D eigenvalue weighted by Gasteiger charge is 1.99. The second-order valence-electron chi connectivity index (χ2n) is 3.59. The number of hydrogen-bond donors (Lipinski definition) is 1. The molecule has 0 saturated carbocycles. The minimum Gasteiger partial charge on any atom is -0.361 e. The van der Waals surface area contributed by atoms with E-state index >= 15 is 0 Å². The lowest BCUT2D eigenvalue weighted by Gasteiger charge is -2.00. The van der Waals surface area contributed by atoms with E-state index in [1.165, 1.54) is 0 Å². The Balaban J connectivity index is 2.59. The predicted octanol–water partition coefficient (Wildman–Crippen LogP) is 2.68. The van der Waals surface area contributed by atoms with Gasteiger partial charge in [0.05, 0.1) is 0 Å². The van der Waals surface area contributed by atoms with Gasteiger partial charge in [0.25, 0.3) is 0 Å². The van der Waals surface area contributed by atoms with Crippen molar-refractivity contribution in [1.29, 1.82) is 0 Å². The number of aromatic amines is 1. The molecule has 0 aliphatic heterocycles. The lowest BCUT2D eigenvalue weighted by atomic mass is 10.1. The van der Waals surface area contributed by atoms with Crippen molar-refractivity contribution in [2.75, 3.05) is 0 Å². The first kappa shape index (κ1) is 8.24. The molecule has 0 saturated heterocycles. The minimum absolute atomic E-state index is 0.0817. The van der Waals surface area contributed by atoms with Crippen LogP contribution < -0.4 is 5.43 Å². The summed E-state index contributed by atoms with van der Waals surface area (Å²) in [7, 11) is 0. The van der Waals surface area contributed by atoms with Gasteiger partial charge in [-0.2, -0.15) is 0 Å². The maximum Gasteiger partial charge on any atom is 0.186 e. The molecule has 0 unspecified atom stereocenters. The average molecular weight is 195 g/mol. The summed E-state index contributed by atoms with van der Waals surface area (Å²) in [5.74, 6) is 0. The van der Waals surface area contributed by atoms with Gasteiger partial charge in [0.15, 0.2) is 5.43 Å². The van der Waals surface area contributed by atoms with Gasteiger partial charge in [-0.15, -0.1) is 0 Å². The van der Waals surface area contributed by atoms with Crippen LogP contribution in [0, 0.1) is 0 Å². The summed E-state index contributed by atoms with van der Waals surface area (Å²) in [5.41, 5.74) is 1.13. The fourth-order valence-corrected chi connectivity index (χ4v) is 1.87. The zero-order valence-electron chi connectivity index (χ0n) is 8.03. The highest BCUT2D eigenvalue weighted by atomic mass is 16.1. The topological polar surface area (TPSA) is 32.9 Å². The molecule has 15 heavy (non-hydrogen) atoms. The van der Waals surface area contributed by atoms with Gasteiger partial charge in [-0.1, -0.05) is 18.2 Å². The molecule has 1 heterocycles. The molecule has 2 aromatic carbocycles. The van der Waals surface area contributed by atoms with Gasteiger partial charge in [-0.25, -0.2) is 0 Å². The Hall–Kier alpha value is -2.09. The van der Waals surface area contributed by atoms with Crippen LogP contribution in [-0.4, -0.2) is 4.98 Å². The number of hydrogen-bond acceptors (Lipinski definition) is 1. The van der Waals surface area contributed by atoms with Gasteiger partial charge in [-0.3, -0.25) is 4.79 Å². The number of benzene rings is 2. The van der Waals surface area contributed by atoms with Crippen LogP contribution in [0.25, 0.3) is 21.7 Å². The Morgan fingerprint density at radius 3 is 2.73 bits per heavy atom. The van der Waals surface area contributed by atoms with Gasteiger partial charge in [0.2, 0.25) is 0 Å². The third-order valence-electron chi connectivity index (χ3n) is 2.62. The Kier molecular flexibility index (Phi) is 1.62. The molecule has 0 amide bonds. The van der Waals surface area contributed by atoms with Crippen LogP contribution in [0.4, 0.5) is 0 Å². The summed E-state index contributed by atoms with van der Waals surface area (Å²) in [4.78, 5) is 14.8. The molecule has 0 aliphatic rings. The fourth-order valence-electron chi connectivity index (χ4n) is 1.87.